The third-order valence-corrected chi connectivity index (χ3v) is 5.17. The number of hydrazine groups is 1. The highest BCUT2D eigenvalue weighted by molar-refractivity contribution is 5.12. The van der Waals surface area contributed by atoms with Crippen molar-refractivity contribution in [1.82, 2.24) is 15.2 Å². The first kappa shape index (κ1) is 16.5. The summed E-state index contributed by atoms with van der Waals surface area (Å²) in [5, 5.41) is 4.65. The maximum absolute atomic E-state index is 5.87. The Morgan fingerprint density at radius 1 is 1.38 bits per heavy atom. The molecule has 0 aromatic carbocycles. The molecule has 0 amide bonds. The Kier molecular flexibility index (Phi) is 5.44. The molecule has 1 aromatic heterocycles. The predicted octanol–water partition coefficient (Wildman–Crippen LogP) is 3.06. The van der Waals surface area contributed by atoms with Gasteiger partial charge in [-0.05, 0) is 56.4 Å². The van der Waals surface area contributed by atoms with E-state index in [1.807, 2.05) is 0 Å². The van der Waals surface area contributed by atoms with E-state index >= 15 is 0 Å². The minimum Gasteiger partial charge on any atom is -0.271 e. The van der Waals surface area contributed by atoms with Gasteiger partial charge in [-0.2, -0.15) is 5.10 Å². The van der Waals surface area contributed by atoms with Gasteiger partial charge in [-0.1, -0.05) is 20.8 Å². The van der Waals surface area contributed by atoms with E-state index in [9.17, 15) is 0 Å². The van der Waals surface area contributed by atoms with Crippen molar-refractivity contribution in [3.8, 4) is 0 Å². The van der Waals surface area contributed by atoms with Crippen LogP contribution in [0.5, 0.6) is 0 Å². The number of aryl methyl sites for hydroxylation is 2. The molecule has 1 atom stereocenters. The number of nitrogens with two attached hydrogens (primary N) is 1. The fraction of sp³-hybridized carbons (Fsp3) is 0.824. The van der Waals surface area contributed by atoms with E-state index in [2.05, 4.69) is 49.0 Å². The lowest BCUT2D eigenvalue weighted by atomic mass is 9.70. The minimum absolute atomic E-state index is 0.368. The molecule has 0 spiro atoms. The SMILES string of the molecule is CCc1cc(CC(NN)C2CCC(C)(C)CC2)n(CC)n1. The maximum Gasteiger partial charge on any atom is 0.0624 e. The van der Waals surface area contributed by atoms with E-state index in [1.54, 1.807) is 0 Å². The van der Waals surface area contributed by atoms with Crippen LogP contribution in [0.1, 0.15) is 64.8 Å². The zero-order valence-corrected chi connectivity index (χ0v) is 14.2. The molecule has 0 saturated heterocycles. The van der Waals surface area contributed by atoms with Crippen molar-refractivity contribution in [2.75, 3.05) is 0 Å². The van der Waals surface area contributed by atoms with Gasteiger partial charge in [0.15, 0.2) is 0 Å². The molecular formula is C17H32N4. The van der Waals surface area contributed by atoms with Crippen LogP contribution in [-0.2, 0) is 19.4 Å². The largest absolute Gasteiger partial charge is 0.271 e. The summed E-state index contributed by atoms with van der Waals surface area (Å²) in [5.41, 5.74) is 6.10. The lowest BCUT2D eigenvalue weighted by molar-refractivity contribution is 0.160. The van der Waals surface area contributed by atoms with Gasteiger partial charge in [-0.15, -0.1) is 0 Å². The molecule has 4 nitrogen and oxygen atoms in total. The summed E-state index contributed by atoms with van der Waals surface area (Å²) >= 11 is 0. The van der Waals surface area contributed by atoms with Crippen molar-refractivity contribution in [3.63, 3.8) is 0 Å². The number of rotatable bonds is 6. The van der Waals surface area contributed by atoms with Crippen molar-refractivity contribution in [1.29, 1.82) is 0 Å². The smallest absolute Gasteiger partial charge is 0.0624 e. The van der Waals surface area contributed by atoms with Gasteiger partial charge in [-0.3, -0.25) is 16.0 Å². The molecule has 1 heterocycles. The van der Waals surface area contributed by atoms with Gasteiger partial charge in [0.1, 0.15) is 0 Å². The Hall–Kier alpha value is -0.870. The number of nitrogens with one attached hydrogen (secondary N) is 1. The molecule has 120 valence electrons. The van der Waals surface area contributed by atoms with Gasteiger partial charge in [0.2, 0.25) is 0 Å². The van der Waals surface area contributed by atoms with Crippen molar-refractivity contribution in [3.05, 3.63) is 17.5 Å². The average Bonchev–Trinajstić information content (AvgIpc) is 2.87. The Bertz CT molecular complexity index is 440. The van der Waals surface area contributed by atoms with Crippen LogP contribution in [0.15, 0.2) is 6.07 Å². The number of nitrogens with zero attached hydrogens (tertiary/aromatic N) is 2. The third kappa shape index (κ3) is 4.07. The van der Waals surface area contributed by atoms with Crippen molar-refractivity contribution in [2.24, 2.45) is 17.2 Å². The summed E-state index contributed by atoms with van der Waals surface area (Å²) in [6.07, 6.45) is 7.17. The van der Waals surface area contributed by atoms with Crippen LogP contribution in [0, 0.1) is 11.3 Å². The van der Waals surface area contributed by atoms with Gasteiger partial charge in [0.05, 0.1) is 5.69 Å². The van der Waals surface area contributed by atoms with Crippen LogP contribution >= 0.6 is 0 Å². The van der Waals surface area contributed by atoms with E-state index < -0.39 is 0 Å². The quantitative estimate of drug-likeness (QED) is 0.626. The lowest BCUT2D eigenvalue weighted by Gasteiger charge is -2.37. The number of hydrogen-bond acceptors (Lipinski definition) is 3. The fourth-order valence-corrected chi connectivity index (χ4v) is 3.54. The summed E-state index contributed by atoms with van der Waals surface area (Å²) in [4.78, 5) is 0. The van der Waals surface area contributed by atoms with Crippen molar-refractivity contribution < 1.29 is 0 Å². The van der Waals surface area contributed by atoms with E-state index in [1.165, 1.54) is 37.1 Å². The highest BCUT2D eigenvalue weighted by atomic mass is 15.3. The second-order valence-electron chi connectivity index (χ2n) is 7.28. The highest BCUT2D eigenvalue weighted by Gasteiger charge is 2.31. The third-order valence-electron chi connectivity index (χ3n) is 5.17. The summed E-state index contributed by atoms with van der Waals surface area (Å²) in [6, 6.07) is 2.62. The second-order valence-corrected chi connectivity index (χ2v) is 7.28. The first-order valence-electron chi connectivity index (χ1n) is 8.50. The van der Waals surface area contributed by atoms with Gasteiger partial charge >= 0.3 is 0 Å². The Morgan fingerprint density at radius 3 is 2.57 bits per heavy atom. The van der Waals surface area contributed by atoms with Crippen LogP contribution in [0.4, 0.5) is 0 Å². The molecule has 1 saturated carbocycles. The highest BCUT2D eigenvalue weighted by Crippen LogP contribution is 2.39. The molecule has 2 rings (SSSR count). The first-order valence-corrected chi connectivity index (χ1v) is 8.50. The molecule has 4 heteroatoms. The van der Waals surface area contributed by atoms with Crippen LogP contribution in [-0.4, -0.2) is 15.8 Å². The molecule has 1 fully saturated rings. The van der Waals surface area contributed by atoms with Crippen LogP contribution in [0.25, 0.3) is 0 Å². The summed E-state index contributed by atoms with van der Waals surface area (Å²) in [6.45, 7) is 10.0. The van der Waals surface area contributed by atoms with E-state index in [0.29, 0.717) is 17.4 Å². The van der Waals surface area contributed by atoms with Gasteiger partial charge < -0.3 is 0 Å². The van der Waals surface area contributed by atoms with E-state index in [0.717, 1.165) is 19.4 Å². The molecule has 0 radical (unpaired) electrons. The van der Waals surface area contributed by atoms with Crippen LogP contribution < -0.4 is 11.3 Å². The zero-order valence-electron chi connectivity index (χ0n) is 14.2. The summed E-state index contributed by atoms with van der Waals surface area (Å²) in [5.74, 6) is 6.56. The van der Waals surface area contributed by atoms with Crippen LogP contribution in [0.2, 0.25) is 0 Å². The normalized spacial score (nSPS) is 20.6. The van der Waals surface area contributed by atoms with Gasteiger partial charge in [0, 0.05) is 24.7 Å². The molecule has 1 aliphatic rings. The Morgan fingerprint density at radius 2 is 2.05 bits per heavy atom. The molecule has 0 bridgehead atoms. The van der Waals surface area contributed by atoms with Gasteiger partial charge in [-0.25, -0.2) is 0 Å². The molecule has 21 heavy (non-hydrogen) atoms. The Labute approximate surface area is 129 Å². The first-order chi connectivity index (χ1) is 9.99. The summed E-state index contributed by atoms with van der Waals surface area (Å²) in [7, 11) is 0. The fourth-order valence-electron chi connectivity index (χ4n) is 3.54. The Balaban J connectivity index is 2.04. The van der Waals surface area contributed by atoms with E-state index in [4.69, 9.17) is 5.84 Å². The zero-order chi connectivity index (χ0) is 15.5. The number of hydrogen-bond donors (Lipinski definition) is 2. The standard InChI is InChI=1S/C17H32N4/c1-5-14-11-15(21(6-2)20-14)12-16(19-18)13-7-9-17(3,4)10-8-13/h11,13,16,19H,5-10,12,18H2,1-4H3. The monoisotopic (exact) mass is 292 g/mol. The summed E-state index contributed by atoms with van der Waals surface area (Å²) < 4.78 is 2.13. The van der Waals surface area contributed by atoms with Crippen molar-refractivity contribution in [2.45, 2.75) is 78.8 Å². The number of aromatic nitrogens is 2. The van der Waals surface area contributed by atoms with Crippen molar-refractivity contribution >= 4 is 0 Å². The molecule has 0 aliphatic heterocycles. The minimum atomic E-state index is 0.368. The average molecular weight is 292 g/mol. The molecule has 1 aromatic rings. The molecule has 1 aliphatic carbocycles. The van der Waals surface area contributed by atoms with Gasteiger partial charge in [0.25, 0.3) is 0 Å². The predicted molar refractivity (Wildman–Crippen MR) is 87.8 cm³/mol. The topological polar surface area (TPSA) is 55.9 Å². The molecule has 1 unspecified atom stereocenters. The van der Waals surface area contributed by atoms with E-state index in [-0.39, 0.29) is 0 Å². The maximum atomic E-state index is 5.87. The molecular weight excluding hydrogens is 260 g/mol. The molecule has 3 N–H and O–H groups in total. The lowest BCUT2D eigenvalue weighted by Crippen LogP contribution is -2.44. The second kappa shape index (κ2) is 6.93. The van der Waals surface area contributed by atoms with Crippen LogP contribution in [0.3, 0.4) is 0 Å².